The summed E-state index contributed by atoms with van der Waals surface area (Å²) in [5.74, 6) is 0.100. The smallest absolute Gasteiger partial charge is 0.231 e. The highest BCUT2D eigenvalue weighted by Gasteiger charge is 2.29. The third kappa shape index (κ3) is 3.60. The van der Waals surface area contributed by atoms with E-state index in [1.165, 1.54) is 11.8 Å². The molecule has 0 unspecified atom stereocenters. The average Bonchev–Trinajstić information content (AvgIpc) is 2.86. The lowest BCUT2D eigenvalue weighted by Crippen LogP contribution is -2.49. The van der Waals surface area contributed by atoms with Gasteiger partial charge < -0.3 is 10.3 Å². The fourth-order valence-corrected chi connectivity index (χ4v) is 2.61. The Bertz CT molecular complexity index is 731. The minimum atomic E-state index is -0.845. The van der Waals surface area contributed by atoms with E-state index in [1.54, 1.807) is 6.92 Å². The topological polar surface area (TPSA) is 81.6 Å². The predicted molar refractivity (Wildman–Crippen MR) is 88.6 cm³/mol. The highest BCUT2D eigenvalue weighted by atomic mass is 32.2. The average molecular weight is 316 g/mol. The van der Waals surface area contributed by atoms with Crippen molar-refractivity contribution in [3.05, 3.63) is 23.8 Å². The highest BCUT2D eigenvalue weighted by Crippen LogP contribution is 2.21. The van der Waals surface area contributed by atoms with Crippen molar-refractivity contribution in [2.24, 2.45) is 5.92 Å². The first-order chi connectivity index (χ1) is 10.3. The Hall–Kier alpha value is -2.00. The Morgan fingerprint density at radius 2 is 2.27 bits per heavy atom. The van der Waals surface area contributed by atoms with Gasteiger partial charge in [0.2, 0.25) is 5.91 Å². The van der Waals surface area contributed by atoms with Gasteiger partial charge in [-0.15, -0.1) is 0 Å². The maximum absolute atomic E-state index is 12.0. The fourth-order valence-electron chi connectivity index (χ4n) is 1.93. The normalized spacial score (nSPS) is 13.8. The van der Waals surface area contributed by atoms with E-state index in [0.29, 0.717) is 5.16 Å². The number of rotatable bonds is 5. The molecule has 1 heterocycles. The van der Waals surface area contributed by atoms with E-state index in [0.717, 1.165) is 16.6 Å². The van der Waals surface area contributed by atoms with Crippen LogP contribution in [0.15, 0.2) is 23.4 Å². The summed E-state index contributed by atoms with van der Waals surface area (Å²) in [7, 11) is 0. The number of nitriles is 1. The van der Waals surface area contributed by atoms with Crippen LogP contribution in [0.3, 0.4) is 0 Å². The number of carbonyl (C=O) groups excluding carboxylic acids is 1. The molecule has 0 bridgehead atoms. The van der Waals surface area contributed by atoms with Crippen LogP contribution < -0.4 is 5.32 Å². The molecule has 1 amide bonds. The quantitative estimate of drug-likeness (QED) is 0.831. The number of amides is 1. The summed E-state index contributed by atoms with van der Waals surface area (Å²) < 4.78 is 0. The number of aryl methyl sites for hydroxylation is 1. The van der Waals surface area contributed by atoms with E-state index in [4.69, 9.17) is 0 Å². The van der Waals surface area contributed by atoms with Crippen LogP contribution in [0.25, 0.3) is 11.0 Å². The van der Waals surface area contributed by atoms with E-state index in [2.05, 4.69) is 21.4 Å². The van der Waals surface area contributed by atoms with Crippen molar-refractivity contribution in [1.29, 1.82) is 5.26 Å². The monoisotopic (exact) mass is 316 g/mol. The highest BCUT2D eigenvalue weighted by molar-refractivity contribution is 7.99. The summed E-state index contributed by atoms with van der Waals surface area (Å²) in [4.78, 5) is 19.7. The number of aromatic nitrogens is 2. The van der Waals surface area contributed by atoms with Crippen LogP contribution in [0.4, 0.5) is 0 Å². The van der Waals surface area contributed by atoms with E-state index in [1.807, 2.05) is 39.0 Å². The Labute approximate surface area is 134 Å². The number of nitrogens with one attached hydrogen (secondary N) is 2. The summed E-state index contributed by atoms with van der Waals surface area (Å²) in [5.41, 5.74) is 2.17. The zero-order chi connectivity index (χ0) is 16.3. The number of fused-ring (bicyclic) bond motifs is 1. The maximum Gasteiger partial charge on any atom is 0.231 e. The van der Waals surface area contributed by atoms with Crippen molar-refractivity contribution in [3.8, 4) is 6.07 Å². The van der Waals surface area contributed by atoms with Gasteiger partial charge in [-0.1, -0.05) is 31.7 Å². The van der Waals surface area contributed by atoms with Gasteiger partial charge in [-0.25, -0.2) is 4.98 Å². The largest absolute Gasteiger partial charge is 0.337 e. The number of aromatic amines is 1. The summed E-state index contributed by atoms with van der Waals surface area (Å²) in [6, 6.07) is 8.16. The molecule has 6 heteroatoms. The van der Waals surface area contributed by atoms with E-state index in [-0.39, 0.29) is 17.6 Å². The van der Waals surface area contributed by atoms with Crippen LogP contribution in [0.2, 0.25) is 0 Å². The van der Waals surface area contributed by atoms with Gasteiger partial charge in [-0.3, -0.25) is 4.79 Å². The molecular weight excluding hydrogens is 296 g/mol. The Morgan fingerprint density at radius 1 is 1.55 bits per heavy atom. The second-order valence-electron chi connectivity index (χ2n) is 5.87. The Balaban J connectivity index is 1.99. The van der Waals surface area contributed by atoms with E-state index in [9.17, 15) is 10.1 Å². The fraction of sp³-hybridized carbons (Fsp3) is 0.438. The van der Waals surface area contributed by atoms with Gasteiger partial charge in [0.05, 0.1) is 22.9 Å². The molecular formula is C16H20N4OS. The molecule has 1 atom stereocenters. The van der Waals surface area contributed by atoms with Crippen LogP contribution in [0, 0.1) is 24.2 Å². The first-order valence-corrected chi connectivity index (χ1v) is 8.14. The minimum absolute atomic E-state index is 0.0422. The summed E-state index contributed by atoms with van der Waals surface area (Å²) in [6.07, 6.45) is 0. The van der Waals surface area contributed by atoms with Gasteiger partial charge in [0.25, 0.3) is 0 Å². The molecule has 0 aliphatic rings. The molecule has 0 saturated carbocycles. The molecule has 0 spiro atoms. The van der Waals surface area contributed by atoms with Crippen LogP contribution in [-0.2, 0) is 4.79 Å². The van der Waals surface area contributed by atoms with Gasteiger partial charge in [-0.05, 0) is 37.5 Å². The number of thioether (sulfide) groups is 1. The number of nitrogens with zero attached hydrogens (tertiary/aromatic N) is 2. The molecule has 0 aliphatic carbocycles. The maximum atomic E-state index is 12.0. The molecule has 1 aromatic carbocycles. The minimum Gasteiger partial charge on any atom is -0.337 e. The summed E-state index contributed by atoms with van der Waals surface area (Å²) in [6.45, 7) is 7.59. The molecule has 2 aromatic rings. The van der Waals surface area contributed by atoms with Gasteiger partial charge in [0.1, 0.15) is 5.54 Å². The number of imidazole rings is 1. The summed E-state index contributed by atoms with van der Waals surface area (Å²) >= 11 is 1.33. The van der Waals surface area contributed by atoms with Crippen molar-refractivity contribution < 1.29 is 4.79 Å². The lowest BCUT2D eigenvalue weighted by Gasteiger charge is -2.27. The van der Waals surface area contributed by atoms with Gasteiger partial charge in [0, 0.05) is 0 Å². The number of carbonyl (C=O) groups is 1. The van der Waals surface area contributed by atoms with Crippen molar-refractivity contribution in [2.45, 2.75) is 38.4 Å². The third-order valence-corrected chi connectivity index (χ3v) is 4.61. The molecule has 5 nitrogen and oxygen atoms in total. The molecule has 2 N–H and O–H groups in total. The van der Waals surface area contributed by atoms with E-state index >= 15 is 0 Å². The van der Waals surface area contributed by atoms with Crippen molar-refractivity contribution in [2.75, 3.05) is 5.75 Å². The van der Waals surface area contributed by atoms with Crippen LogP contribution >= 0.6 is 11.8 Å². The standard InChI is InChI=1S/C16H20N4OS/c1-10(2)16(4,9-17)20-14(21)8-22-15-18-12-6-5-11(3)7-13(12)19-15/h5-7,10H,8H2,1-4H3,(H,18,19)(H,20,21)/t16-/m0/s1. The van der Waals surface area contributed by atoms with Gasteiger partial charge >= 0.3 is 0 Å². The molecule has 2 rings (SSSR count). The number of benzene rings is 1. The molecule has 0 fully saturated rings. The molecule has 116 valence electrons. The lowest BCUT2D eigenvalue weighted by atomic mass is 9.90. The first kappa shape index (κ1) is 16.4. The lowest BCUT2D eigenvalue weighted by molar-refractivity contribution is -0.120. The first-order valence-electron chi connectivity index (χ1n) is 7.15. The van der Waals surface area contributed by atoms with Crippen LogP contribution in [0.1, 0.15) is 26.3 Å². The molecule has 0 radical (unpaired) electrons. The second kappa shape index (κ2) is 6.41. The van der Waals surface area contributed by atoms with Gasteiger partial charge in [-0.2, -0.15) is 5.26 Å². The molecule has 1 aromatic heterocycles. The predicted octanol–water partition coefficient (Wildman–Crippen LogP) is 3.02. The zero-order valence-corrected chi connectivity index (χ0v) is 14.0. The van der Waals surface area contributed by atoms with Gasteiger partial charge in [0.15, 0.2) is 5.16 Å². The Kier molecular flexibility index (Phi) is 4.77. The van der Waals surface area contributed by atoms with E-state index < -0.39 is 5.54 Å². The number of H-pyrrole nitrogens is 1. The summed E-state index contributed by atoms with van der Waals surface area (Å²) in [5, 5.41) is 12.7. The van der Waals surface area contributed by atoms with Crippen LogP contribution in [-0.4, -0.2) is 27.2 Å². The second-order valence-corrected chi connectivity index (χ2v) is 6.83. The molecule has 0 aliphatic heterocycles. The van der Waals surface area contributed by atoms with Crippen LogP contribution in [0.5, 0.6) is 0 Å². The SMILES string of the molecule is Cc1ccc2nc(SCC(=O)N[C@@](C)(C#N)C(C)C)[nH]c2c1. The van der Waals surface area contributed by atoms with Crippen molar-refractivity contribution in [1.82, 2.24) is 15.3 Å². The third-order valence-electron chi connectivity index (χ3n) is 3.74. The molecule has 0 saturated heterocycles. The molecule has 22 heavy (non-hydrogen) atoms. The van der Waals surface area contributed by atoms with Crippen molar-refractivity contribution >= 4 is 28.7 Å². The zero-order valence-electron chi connectivity index (χ0n) is 13.2. The van der Waals surface area contributed by atoms with Crippen molar-refractivity contribution in [3.63, 3.8) is 0 Å². The number of hydrogen-bond acceptors (Lipinski definition) is 4. The number of hydrogen-bond donors (Lipinski definition) is 2. The Morgan fingerprint density at radius 3 is 2.91 bits per heavy atom.